The molecule has 2 unspecified atom stereocenters. The van der Waals surface area contributed by atoms with Gasteiger partial charge in [0.15, 0.2) is 12.2 Å². The molecule has 6 N–H and O–H groups in total. The molecular formula is C52H74Cl4N6O14S2. The van der Waals surface area contributed by atoms with Crippen molar-refractivity contribution in [2.24, 2.45) is 5.92 Å². The molecule has 2 aliphatic heterocycles. The normalized spacial score (nSPS) is 19.9. The fraction of sp³-hybridized carbons (Fsp3) is 0.615. The number of halogens is 4. The standard InChI is InChI=1S/C52H74Cl4N6O14S2/c1-61-31-43(41-27-37(53)29-47(55)45(41)33-61)35-3-7-39(8-4-35)77(67,68)59-13-17-73-21-25-75-23-19-71-15-11-57-51(65)49(63)50(64)52(66)58-12-16-72-20-24-76-26-22-74-18-14-60-78(69,70)40-9-5-36(6-10-40)44-32-62(2)34-46-42(44)28-38(54)30-48(46)56/h3-4,7-8,27-30,36,40,43-44,49-50,59-60,63-64H,5-6,9-26,31-34H2,1-2H3,(H,57,65)(H,58,66)/t36?,40?,43-,44-,49?,50?/m1/s1. The number of rotatable bonds is 33. The van der Waals surface area contributed by atoms with Gasteiger partial charge >= 0.3 is 0 Å². The highest BCUT2D eigenvalue weighted by Gasteiger charge is 2.38. The van der Waals surface area contributed by atoms with Crippen LogP contribution in [0, 0.1) is 5.92 Å². The number of benzene rings is 3. The average Bonchev–Trinajstić information content (AvgIpc) is 3.47. The first kappa shape index (κ1) is 64.3. The molecule has 2 amide bonds. The van der Waals surface area contributed by atoms with Crippen LogP contribution in [-0.4, -0.2) is 199 Å². The maximum absolute atomic E-state index is 13.1. The van der Waals surface area contributed by atoms with E-state index in [1.165, 1.54) is 5.56 Å². The Morgan fingerprint density at radius 3 is 1.50 bits per heavy atom. The molecule has 2 heterocycles. The maximum Gasteiger partial charge on any atom is 0.252 e. The summed E-state index contributed by atoms with van der Waals surface area (Å²) >= 11 is 25.7. The second-order valence-electron chi connectivity index (χ2n) is 19.6. The van der Waals surface area contributed by atoms with E-state index < -0.39 is 49.3 Å². The van der Waals surface area contributed by atoms with E-state index in [-0.39, 0.29) is 122 Å². The molecule has 78 heavy (non-hydrogen) atoms. The number of fused-ring (bicyclic) bond motifs is 2. The smallest absolute Gasteiger partial charge is 0.252 e. The Kier molecular flexibility index (Phi) is 26.5. The summed E-state index contributed by atoms with van der Waals surface area (Å²) in [5, 5.41) is 27.1. The van der Waals surface area contributed by atoms with Crippen molar-refractivity contribution in [3.05, 3.63) is 96.4 Å². The first-order valence-electron chi connectivity index (χ1n) is 26.1. The minimum Gasteiger partial charge on any atom is -0.380 e. The highest BCUT2D eigenvalue weighted by atomic mass is 35.5. The Morgan fingerprint density at radius 2 is 1.00 bits per heavy atom. The van der Waals surface area contributed by atoms with Crippen molar-refractivity contribution in [3.63, 3.8) is 0 Å². The Morgan fingerprint density at radius 1 is 0.577 bits per heavy atom. The Labute approximate surface area is 478 Å². The molecule has 1 fully saturated rings. The SMILES string of the molecule is CN1Cc2c(Cl)cc(Cl)cc2[C@@H](c2ccc(S(=O)(=O)NCCOCCOCCOCCNC(=O)C(O)C(O)C(=O)NCCOCCOCCOCCNS(=O)(=O)C3CCC([C@H]4CN(C)Cc5c(Cl)cc(Cl)cc54)CC3)cc2)C1. The van der Waals surface area contributed by atoms with Gasteiger partial charge in [-0.05, 0) is 116 Å². The minimum absolute atomic E-state index is 0.000588. The number of nitrogens with zero attached hydrogens (tertiary/aromatic N) is 2. The average molecular weight is 1210 g/mol. The van der Waals surface area contributed by atoms with Gasteiger partial charge in [0, 0.05) is 78.4 Å². The fourth-order valence-electron chi connectivity index (χ4n) is 9.88. The minimum atomic E-state index is -3.77. The predicted octanol–water partition coefficient (Wildman–Crippen LogP) is 3.92. The number of nitrogens with one attached hydrogen (secondary N) is 4. The molecule has 1 aliphatic carbocycles. The van der Waals surface area contributed by atoms with Crippen molar-refractivity contribution in [2.45, 2.75) is 73.0 Å². The molecule has 20 nitrogen and oxygen atoms in total. The van der Waals surface area contributed by atoms with Crippen LogP contribution in [0.2, 0.25) is 20.1 Å². The number of carbonyl (C=O) groups is 2. The van der Waals surface area contributed by atoms with E-state index >= 15 is 0 Å². The van der Waals surface area contributed by atoms with Crippen LogP contribution >= 0.6 is 46.4 Å². The third-order valence-electron chi connectivity index (χ3n) is 13.8. The van der Waals surface area contributed by atoms with E-state index in [0.29, 0.717) is 45.4 Å². The summed E-state index contributed by atoms with van der Waals surface area (Å²) in [4.78, 5) is 29.1. The highest BCUT2D eigenvalue weighted by molar-refractivity contribution is 7.90. The van der Waals surface area contributed by atoms with Crippen LogP contribution in [0.5, 0.6) is 0 Å². The molecule has 1 saturated carbocycles. The molecule has 0 bridgehead atoms. The molecule has 3 aromatic rings. The predicted molar refractivity (Wildman–Crippen MR) is 297 cm³/mol. The monoisotopic (exact) mass is 1210 g/mol. The van der Waals surface area contributed by atoms with Crippen LogP contribution in [0.4, 0.5) is 0 Å². The van der Waals surface area contributed by atoms with Crippen molar-refractivity contribution >= 4 is 78.3 Å². The summed E-state index contributed by atoms with van der Waals surface area (Å²) in [6.45, 7) is 5.60. The number of sulfonamides is 2. The number of likely N-dealkylation sites (N-methyl/N-ethyl adjacent to an activating group) is 2. The maximum atomic E-state index is 13.1. The zero-order chi connectivity index (χ0) is 56.2. The van der Waals surface area contributed by atoms with Gasteiger partial charge in [0.25, 0.3) is 11.8 Å². The zero-order valence-corrected chi connectivity index (χ0v) is 48.7. The van der Waals surface area contributed by atoms with Gasteiger partial charge in [-0.25, -0.2) is 26.3 Å². The summed E-state index contributed by atoms with van der Waals surface area (Å²) < 4.78 is 90.0. The number of aliphatic hydroxyl groups excluding tert-OH is 2. The third kappa shape index (κ3) is 19.7. The topological polar surface area (TPSA) is 253 Å². The van der Waals surface area contributed by atoms with Gasteiger partial charge in [-0.2, -0.15) is 0 Å². The van der Waals surface area contributed by atoms with E-state index in [4.69, 9.17) is 74.8 Å². The lowest BCUT2D eigenvalue weighted by atomic mass is 9.74. The lowest BCUT2D eigenvalue weighted by Crippen LogP contribution is -2.50. The lowest BCUT2D eigenvalue weighted by Gasteiger charge is -2.40. The van der Waals surface area contributed by atoms with Crippen molar-refractivity contribution in [1.82, 2.24) is 29.9 Å². The van der Waals surface area contributed by atoms with Gasteiger partial charge in [-0.1, -0.05) is 58.5 Å². The number of amides is 2. The Hall–Kier alpha value is -2.82. The molecule has 3 aromatic carbocycles. The number of aliphatic hydroxyl groups is 2. The van der Waals surface area contributed by atoms with Gasteiger partial charge in [0.1, 0.15) is 0 Å². The van der Waals surface area contributed by atoms with E-state index in [0.717, 1.165) is 54.7 Å². The van der Waals surface area contributed by atoms with Crippen molar-refractivity contribution in [1.29, 1.82) is 0 Å². The third-order valence-corrected chi connectivity index (χ3v) is 18.4. The molecule has 436 valence electrons. The molecular weight excluding hydrogens is 1140 g/mol. The van der Waals surface area contributed by atoms with Crippen LogP contribution in [0.25, 0.3) is 0 Å². The Bertz CT molecular complexity index is 2620. The lowest BCUT2D eigenvalue weighted by molar-refractivity contribution is -0.146. The van der Waals surface area contributed by atoms with E-state index in [1.54, 1.807) is 24.3 Å². The second kappa shape index (κ2) is 32.1. The van der Waals surface area contributed by atoms with Gasteiger partial charge < -0.3 is 59.1 Å². The molecule has 4 atom stereocenters. The molecule has 26 heteroatoms. The second-order valence-corrected chi connectivity index (χ2v) is 25.1. The number of hydrogen-bond acceptors (Lipinski definition) is 16. The number of ether oxygens (including phenoxy) is 6. The van der Waals surface area contributed by atoms with Gasteiger partial charge in [0.2, 0.25) is 20.0 Å². The summed E-state index contributed by atoms with van der Waals surface area (Å²) in [6, 6.07) is 14.2. The largest absolute Gasteiger partial charge is 0.380 e. The van der Waals surface area contributed by atoms with Crippen LogP contribution < -0.4 is 20.1 Å². The summed E-state index contributed by atoms with van der Waals surface area (Å²) in [6.07, 6.45) is -1.25. The summed E-state index contributed by atoms with van der Waals surface area (Å²) in [5.41, 5.74) is 5.29. The fourth-order valence-corrected chi connectivity index (χ4v) is 13.5. The zero-order valence-electron chi connectivity index (χ0n) is 44.1. The van der Waals surface area contributed by atoms with Crippen LogP contribution in [0.3, 0.4) is 0 Å². The molecule has 0 saturated heterocycles. The van der Waals surface area contributed by atoms with Crippen molar-refractivity contribution < 1.29 is 65.1 Å². The van der Waals surface area contributed by atoms with E-state index in [2.05, 4.69) is 36.9 Å². The first-order chi connectivity index (χ1) is 37.3. The summed E-state index contributed by atoms with van der Waals surface area (Å²) in [5.74, 6) is -1.32. The van der Waals surface area contributed by atoms with Crippen LogP contribution in [0.15, 0.2) is 53.4 Å². The van der Waals surface area contributed by atoms with Gasteiger partial charge in [0.05, 0.1) is 89.4 Å². The Balaban J connectivity index is 0.693. The molecule has 6 rings (SSSR count). The van der Waals surface area contributed by atoms with Crippen molar-refractivity contribution in [3.8, 4) is 0 Å². The highest BCUT2D eigenvalue weighted by Crippen LogP contribution is 2.44. The van der Waals surface area contributed by atoms with E-state index in [9.17, 15) is 36.6 Å². The van der Waals surface area contributed by atoms with Crippen molar-refractivity contribution in [2.75, 3.05) is 133 Å². The number of hydrogen-bond donors (Lipinski definition) is 6. The number of carbonyl (C=O) groups excluding carboxylic acids is 2. The van der Waals surface area contributed by atoms with Gasteiger partial charge in [-0.3, -0.25) is 9.59 Å². The van der Waals surface area contributed by atoms with Gasteiger partial charge in [-0.15, -0.1) is 0 Å². The van der Waals surface area contributed by atoms with E-state index in [1.807, 2.05) is 31.3 Å². The molecule has 0 spiro atoms. The van der Waals surface area contributed by atoms with Crippen LogP contribution in [-0.2, 0) is 71.1 Å². The summed E-state index contributed by atoms with van der Waals surface area (Å²) in [7, 11) is -3.18. The first-order valence-corrected chi connectivity index (χ1v) is 30.7. The van der Waals surface area contributed by atoms with Crippen LogP contribution in [0.1, 0.15) is 65.3 Å². The molecule has 0 aromatic heterocycles. The molecule has 0 radical (unpaired) electrons. The molecule has 3 aliphatic rings. The quantitative estimate of drug-likeness (QED) is 0.0473.